The van der Waals surface area contributed by atoms with Gasteiger partial charge in [0.05, 0.1) is 34.5 Å². The zero-order valence-corrected chi connectivity index (χ0v) is 18.4. The van der Waals surface area contributed by atoms with Crippen molar-refractivity contribution in [1.82, 2.24) is 19.5 Å². The van der Waals surface area contributed by atoms with Crippen LogP contribution in [0.25, 0.3) is 16.7 Å². The van der Waals surface area contributed by atoms with Crippen LogP contribution in [-0.4, -0.2) is 37.1 Å². The second kappa shape index (κ2) is 7.86. The van der Waals surface area contributed by atoms with E-state index < -0.39 is 11.4 Å². The number of pyridine rings is 4. The van der Waals surface area contributed by atoms with Gasteiger partial charge in [-0.3, -0.25) is 14.3 Å². The smallest absolute Gasteiger partial charge is 0.341 e. The predicted molar refractivity (Wildman–Crippen MR) is 125 cm³/mol. The number of anilines is 2. The van der Waals surface area contributed by atoms with E-state index in [1.807, 2.05) is 17.9 Å². The molecule has 1 aliphatic rings. The molecular formula is C23H19ClN6O3. The first-order chi connectivity index (χ1) is 15.8. The van der Waals surface area contributed by atoms with E-state index in [0.29, 0.717) is 30.4 Å². The third kappa shape index (κ3) is 3.56. The number of hydrogen-bond donors (Lipinski definition) is 2. The van der Waals surface area contributed by atoms with Crippen LogP contribution in [0, 0.1) is 6.92 Å². The van der Waals surface area contributed by atoms with Crippen LogP contribution in [0.5, 0.6) is 0 Å². The van der Waals surface area contributed by atoms with E-state index >= 15 is 0 Å². The summed E-state index contributed by atoms with van der Waals surface area (Å²) >= 11 is 6.57. The summed E-state index contributed by atoms with van der Waals surface area (Å²) in [6.45, 7) is 3.02. The Balaban J connectivity index is 1.75. The average molecular weight is 463 g/mol. The number of nitrogen functional groups attached to an aromatic ring is 1. The van der Waals surface area contributed by atoms with Crippen LogP contribution in [0.3, 0.4) is 0 Å². The van der Waals surface area contributed by atoms with Crippen LogP contribution in [0.4, 0.5) is 11.6 Å². The number of nitrogens with two attached hydrogens (primary N) is 1. The molecule has 4 aromatic rings. The molecule has 9 nitrogen and oxygen atoms in total. The van der Waals surface area contributed by atoms with Crippen molar-refractivity contribution in [2.75, 3.05) is 17.2 Å². The molecule has 0 fully saturated rings. The molecule has 0 unspecified atom stereocenters. The van der Waals surface area contributed by atoms with Crippen LogP contribution in [0.1, 0.15) is 27.2 Å². The number of halogens is 1. The predicted octanol–water partition coefficient (Wildman–Crippen LogP) is 2.98. The van der Waals surface area contributed by atoms with Gasteiger partial charge in [0.25, 0.3) is 0 Å². The summed E-state index contributed by atoms with van der Waals surface area (Å²) < 4.78 is 1.55. The molecule has 0 bridgehead atoms. The third-order valence-electron chi connectivity index (χ3n) is 5.78. The fraction of sp³-hybridized carbons (Fsp3) is 0.174. The molecule has 166 valence electrons. The van der Waals surface area contributed by atoms with Crippen LogP contribution in [0.2, 0.25) is 5.02 Å². The summed E-state index contributed by atoms with van der Waals surface area (Å²) in [7, 11) is 0. The van der Waals surface area contributed by atoms with Crippen molar-refractivity contribution in [2.24, 2.45) is 0 Å². The lowest BCUT2D eigenvalue weighted by Crippen LogP contribution is -2.32. The van der Waals surface area contributed by atoms with Gasteiger partial charge in [0, 0.05) is 18.9 Å². The first kappa shape index (κ1) is 20.9. The van der Waals surface area contributed by atoms with Crippen LogP contribution < -0.4 is 16.1 Å². The monoisotopic (exact) mass is 462 g/mol. The maximum absolute atomic E-state index is 12.9. The number of nitrogens with zero attached hydrogens (tertiary/aromatic N) is 5. The van der Waals surface area contributed by atoms with E-state index in [2.05, 4.69) is 16.0 Å². The number of hydrogen-bond acceptors (Lipinski definition) is 7. The molecule has 0 saturated heterocycles. The Hall–Kier alpha value is -3.98. The van der Waals surface area contributed by atoms with Crippen LogP contribution in [-0.2, 0) is 13.0 Å². The molecule has 0 saturated carbocycles. The standard InChI is InChI=1S/C23H19ClN6O3/c1-12-7-19(25)27-9-18(12)30-10-15(23(32)33)20(31)14-8-16(24)22(28-21(14)30)29-6-4-13-3-2-5-26-17(13)11-29/h2-3,5,7-10H,4,6,11H2,1H3,(H2,25,27)(H,32,33). The van der Waals surface area contributed by atoms with Crippen molar-refractivity contribution in [1.29, 1.82) is 0 Å². The first-order valence-electron chi connectivity index (χ1n) is 10.2. The Morgan fingerprint density at radius 1 is 1.27 bits per heavy atom. The highest BCUT2D eigenvalue weighted by Gasteiger charge is 2.24. The topological polar surface area (TPSA) is 127 Å². The molecule has 0 atom stereocenters. The molecule has 0 amide bonds. The van der Waals surface area contributed by atoms with E-state index in [1.54, 1.807) is 16.8 Å². The second-order valence-electron chi connectivity index (χ2n) is 7.89. The summed E-state index contributed by atoms with van der Waals surface area (Å²) in [5.74, 6) is -0.510. The Morgan fingerprint density at radius 3 is 2.85 bits per heavy atom. The molecule has 3 N–H and O–H groups in total. The number of aromatic carboxylic acids is 1. The fourth-order valence-electron chi connectivity index (χ4n) is 4.13. The molecule has 0 aliphatic carbocycles. The first-order valence-corrected chi connectivity index (χ1v) is 10.6. The van der Waals surface area contributed by atoms with E-state index in [0.717, 1.165) is 17.7 Å². The minimum atomic E-state index is -1.34. The molecule has 5 heterocycles. The number of carbonyl (C=O) groups is 1. The minimum Gasteiger partial charge on any atom is -0.477 e. The highest BCUT2D eigenvalue weighted by molar-refractivity contribution is 6.33. The lowest BCUT2D eigenvalue weighted by Gasteiger charge is -2.30. The minimum absolute atomic E-state index is 0.107. The van der Waals surface area contributed by atoms with E-state index in [4.69, 9.17) is 22.3 Å². The van der Waals surface area contributed by atoms with Gasteiger partial charge >= 0.3 is 5.97 Å². The summed E-state index contributed by atoms with van der Waals surface area (Å²) in [6, 6.07) is 7.12. The maximum Gasteiger partial charge on any atom is 0.341 e. The summed E-state index contributed by atoms with van der Waals surface area (Å²) in [5.41, 5.74) is 8.46. The Labute approximate surface area is 193 Å². The third-order valence-corrected chi connectivity index (χ3v) is 6.06. The van der Waals surface area contributed by atoms with Gasteiger partial charge in [-0.05, 0) is 42.7 Å². The molecule has 1 aliphatic heterocycles. The van der Waals surface area contributed by atoms with Crippen molar-refractivity contribution in [3.05, 3.63) is 80.5 Å². The van der Waals surface area contributed by atoms with Gasteiger partial charge in [-0.2, -0.15) is 0 Å². The zero-order chi connectivity index (χ0) is 23.3. The largest absolute Gasteiger partial charge is 0.477 e. The molecule has 0 spiro atoms. The number of aryl methyl sites for hydroxylation is 1. The van der Waals surface area contributed by atoms with Crippen molar-refractivity contribution >= 4 is 40.2 Å². The van der Waals surface area contributed by atoms with Crippen molar-refractivity contribution in [2.45, 2.75) is 19.9 Å². The Kier molecular flexibility index (Phi) is 4.98. The number of carboxylic acid groups (broad SMARTS) is 1. The molecule has 4 aromatic heterocycles. The van der Waals surface area contributed by atoms with Gasteiger partial charge in [-0.1, -0.05) is 17.7 Å². The molecule has 33 heavy (non-hydrogen) atoms. The fourth-order valence-corrected chi connectivity index (χ4v) is 4.40. The highest BCUT2D eigenvalue weighted by atomic mass is 35.5. The summed E-state index contributed by atoms with van der Waals surface area (Å²) in [5, 5.41) is 9.98. The molecule has 10 heteroatoms. The average Bonchev–Trinajstić information content (AvgIpc) is 2.79. The van der Waals surface area contributed by atoms with Gasteiger partial charge in [-0.25, -0.2) is 14.8 Å². The summed E-state index contributed by atoms with van der Waals surface area (Å²) in [6.07, 6.45) is 5.33. The van der Waals surface area contributed by atoms with Crippen molar-refractivity contribution < 1.29 is 9.90 Å². The number of carboxylic acids is 1. The molecule has 0 radical (unpaired) electrons. The van der Waals surface area contributed by atoms with Gasteiger partial charge in [-0.15, -0.1) is 0 Å². The lowest BCUT2D eigenvalue weighted by atomic mass is 10.1. The number of rotatable bonds is 3. The number of aromatic nitrogens is 4. The molecule has 5 rings (SSSR count). The van der Waals surface area contributed by atoms with Crippen LogP contribution in [0.15, 0.2) is 47.7 Å². The van der Waals surface area contributed by atoms with Gasteiger partial charge in [0.2, 0.25) is 5.43 Å². The molecule has 0 aromatic carbocycles. The van der Waals surface area contributed by atoms with E-state index in [9.17, 15) is 14.7 Å². The van der Waals surface area contributed by atoms with Gasteiger partial charge < -0.3 is 15.7 Å². The summed E-state index contributed by atoms with van der Waals surface area (Å²) in [4.78, 5) is 40.1. The Bertz CT molecular complexity index is 1500. The van der Waals surface area contributed by atoms with Crippen LogP contribution >= 0.6 is 11.6 Å². The maximum atomic E-state index is 12.9. The Morgan fingerprint density at radius 2 is 2.09 bits per heavy atom. The number of fused-ring (bicyclic) bond motifs is 2. The zero-order valence-electron chi connectivity index (χ0n) is 17.6. The second-order valence-corrected chi connectivity index (χ2v) is 8.30. The highest BCUT2D eigenvalue weighted by Crippen LogP contribution is 2.31. The molecular weight excluding hydrogens is 444 g/mol. The normalized spacial score (nSPS) is 13.2. The van der Waals surface area contributed by atoms with E-state index in [-0.39, 0.29) is 21.6 Å². The van der Waals surface area contributed by atoms with Crippen molar-refractivity contribution in [3.8, 4) is 5.69 Å². The quantitative estimate of drug-likeness (QED) is 0.475. The lowest BCUT2D eigenvalue weighted by molar-refractivity contribution is 0.0695. The van der Waals surface area contributed by atoms with Gasteiger partial charge in [0.15, 0.2) is 5.65 Å². The van der Waals surface area contributed by atoms with Crippen molar-refractivity contribution in [3.63, 3.8) is 0 Å². The van der Waals surface area contributed by atoms with Gasteiger partial charge in [0.1, 0.15) is 17.2 Å². The van der Waals surface area contributed by atoms with E-state index in [1.165, 1.54) is 24.0 Å². The SMILES string of the molecule is Cc1cc(N)ncc1-n1cc(C(=O)O)c(=O)c2cc(Cl)c(N3CCc4cccnc4C3)nc21.